The predicted octanol–water partition coefficient (Wildman–Crippen LogP) is 0.259. The van der Waals surface area contributed by atoms with Crippen LogP contribution in [-0.4, -0.2) is 46.0 Å². The van der Waals surface area contributed by atoms with E-state index < -0.39 is 10.0 Å². The first-order chi connectivity index (χ1) is 7.66. The van der Waals surface area contributed by atoms with Gasteiger partial charge in [-0.3, -0.25) is 0 Å². The number of nitrogens with one attached hydrogen (secondary N) is 2. The molecule has 2 aliphatic rings. The fraction of sp³-hybridized carbons (Fsp3) is 1.00. The molecule has 17 heavy (non-hydrogen) atoms. The Morgan fingerprint density at radius 1 is 1.24 bits per heavy atom. The zero-order valence-corrected chi connectivity index (χ0v) is 11.5. The second kappa shape index (κ2) is 6.89. The van der Waals surface area contributed by atoms with Gasteiger partial charge in [0.15, 0.2) is 0 Å². The molecule has 2 aliphatic heterocycles. The predicted molar refractivity (Wildman–Crippen MR) is 69.0 cm³/mol. The Balaban J connectivity index is 0.00000144. The maximum absolute atomic E-state index is 11.8. The fourth-order valence-electron chi connectivity index (χ4n) is 2.26. The van der Waals surface area contributed by atoms with Crippen molar-refractivity contribution in [3.63, 3.8) is 0 Å². The van der Waals surface area contributed by atoms with E-state index in [9.17, 15) is 8.42 Å². The molecule has 2 fully saturated rings. The number of hydrogen-bond donors (Lipinski definition) is 2. The van der Waals surface area contributed by atoms with Crippen molar-refractivity contribution in [2.24, 2.45) is 0 Å². The molecule has 2 rings (SSSR count). The summed E-state index contributed by atoms with van der Waals surface area (Å²) >= 11 is 0. The quantitative estimate of drug-likeness (QED) is 0.777. The average Bonchev–Trinajstić information content (AvgIpc) is 2.70. The largest absolute Gasteiger partial charge is 0.377 e. The molecular weight excluding hydrogens is 264 g/mol. The molecule has 0 bridgehead atoms. The van der Waals surface area contributed by atoms with Crippen molar-refractivity contribution < 1.29 is 13.2 Å². The topological polar surface area (TPSA) is 67.4 Å². The molecule has 0 spiro atoms. The third-order valence-electron chi connectivity index (χ3n) is 3.11. The van der Waals surface area contributed by atoms with Gasteiger partial charge < -0.3 is 10.1 Å². The first-order valence-electron chi connectivity index (χ1n) is 5.98. The number of ether oxygens (including phenoxy) is 1. The minimum atomic E-state index is -3.17. The van der Waals surface area contributed by atoms with Crippen molar-refractivity contribution in [1.29, 1.82) is 0 Å². The van der Waals surface area contributed by atoms with Crippen LogP contribution in [0.1, 0.15) is 25.7 Å². The van der Waals surface area contributed by atoms with E-state index in [1.165, 1.54) is 0 Å². The third-order valence-corrected chi connectivity index (χ3v) is 4.62. The molecule has 102 valence electrons. The summed E-state index contributed by atoms with van der Waals surface area (Å²) in [5.74, 6) is 0.122. The Bertz CT molecular complexity index is 312. The molecular formula is C10H21ClN2O3S. The van der Waals surface area contributed by atoms with E-state index in [-0.39, 0.29) is 30.3 Å². The molecule has 0 aliphatic carbocycles. The molecule has 0 amide bonds. The van der Waals surface area contributed by atoms with Gasteiger partial charge in [-0.2, -0.15) is 0 Å². The highest BCUT2D eigenvalue weighted by molar-refractivity contribution is 7.89. The van der Waals surface area contributed by atoms with Crippen LogP contribution in [0.2, 0.25) is 0 Å². The van der Waals surface area contributed by atoms with Crippen LogP contribution in [-0.2, 0) is 14.8 Å². The van der Waals surface area contributed by atoms with Gasteiger partial charge in [-0.1, -0.05) is 0 Å². The Kier molecular flexibility index (Phi) is 6.16. The monoisotopic (exact) mass is 284 g/mol. The molecule has 2 saturated heterocycles. The van der Waals surface area contributed by atoms with Gasteiger partial charge in [0.25, 0.3) is 0 Å². The number of halogens is 1. The molecule has 0 aromatic heterocycles. The van der Waals surface area contributed by atoms with Gasteiger partial charge in [0, 0.05) is 12.6 Å². The summed E-state index contributed by atoms with van der Waals surface area (Å²) in [5, 5.41) is 3.21. The SMILES string of the molecule is Cl.O=S(=O)(CC1CCCO1)NC1CCNCC1. The number of hydrogen-bond acceptors (Lipinski definition) is 4. The van der Waals surface area contributed by atoms with Crippen molar-refractivity contribution >= 4 is 22.4 Å². The van der Waals surface area contributed by atoms with Crippen molar-refractivity contribution in [3.05, 3.63) is 0 Å². The number of piperidine rings is 1. The fourth-order valence-corrected chi connectivity index (χ4v) is 3.85. The van der Waals surface area contributed by atoms with Crippen molar-refractivity contribution in [1.82, 2.24) is 10.0 Å². The lowest BCUT2D eigenvalue weighted by Gasteiger charge is -2.24. The second-order valence-corrected chi connectivity index (χ2v) is 6.36. The van der Waals surface area contributed by atoms with Crippen molar-refractivity contribution in [2.45, 2.75) is 37.8 Å². The van der Waals surface area contributed by atoms with Crippen LogP contribution < -0.4 is 10.0 Å². The van der Waals surface area contributed by atoms with E-state index in [1.54, 1.807) is 0 Å². The van der Waals surface area contributed by atoms with E-state index in [2.05, 4.69) is 10.0 Å². The number of sulfonamides is 1. The van der Waals surface area contributed by atoms with Crippen LogP contribution in [0.3, 0.4) is 0 Å². The second-order valence-electron chi connectivity index (χ2n) is 4.56. The van der Waals surface area contributed by atoms with Crippen LogP contribution in [0.5, 0.6) is 0 Å². The summed E-state index contributed by atoms with van der Waals surface area (Å²) in [6.07, 6.45) is 3.51. The molecule has 0 radical (unpaired) electrons. The molecule has 2 heterocycles. The molecule has 2 N–H and O–H groups in total. The Morgan fingerprint density at radius 3 is 2.53 bits per heavy atom. The average molecular weight is 285 g/mol. The molecule has 5 nitrogen and oxygen atoms in total. The minimum absolute atomic E-state index is 0. The summed E-state index contributed by atoms with van der Waals surface area (Å²) in [4.78, 5) is 0. The van der Waals surface area contributed by atoms with Gasteiger partial charge in [0.2, 0.25) is 10.0 Å². The standard InChI is InChI=1S/C10H20N2O3S.ClH/c13-16(14,8-10-2-1-7-15-10)12-9-3-5-11-6-4-9;/h9-12H,1-8H2;1H. The van der Waals surface area contributed by atoms with Gasteiger partial charge >= 0.3 is 0 Å². The lowest BCUT2D eigenvalue weighted by Crippen LogP contribution is -2.44. The Hall–Kier alpha value is 0.120. The zero-order valence-electron chi connectivity index (χ0n) is 9.85. The van der Waals surface area contributed by atoms with Gasteiger partial charge in [-0.15, -0.1) is 12.4 Å². The van der Waals surface area contributed by atoms with Gasteiger partial charge in [0.1, 0.15) is 0 Å². The van der Waals surface area contributed by atoms with Gasteiger partial charge in [-0.25, -0.2) is 13.1 Å². The number of rotatable bonds is 4. The highest BCUT2D eigenvalue weighted by atomic mass is 35.5. The van der Waals surface area contributed by atoms with Gasteiger partial charge in [-0.05, 0) is 38.8 Å². The first kappa shape index (κ1) is 15.2. The smallest absolute Gasteiger partial charge is 0.214 e. The van der Waals surface area contributed by atoms with Crippen molar-refractivity contribution in [3.8, 4) is 0 Å². The third kappa shape index (κ3) is 5.09. The maximum Gasteiger partial charge on any atom is 0.214 e. The molecule has 7 heteroatoms. The summed E-state index contributed by atoms with van der Waals surface area (Å²) in [5.41, 5.74) is 0. The lowest BCUT2D eigenvalue weighted by atomic mass is 10.1. The summed E-state index contributed by atoms with van der Waals surface area (Å²) in [7, 11) is -3.17. The zero-order chi connectivity index (χ0) is 11.4. The highest BCUT2D eigenvalue weighted by Gasteiger charge is 2.26. The molecule has 1 unspecified atom stereocenters. The van der Waals surface area contributed by atoms with E-state index in [1.807, 2.05) is 0 Å². The Labute approximate surface area is 109 Å². The van der Waals surface area contributed by atoms with E-state index in [0.717, 1.165) is 38.8 Å². The van der Waals surface area contributed by atoms with Crippen molar-refractivity contribution in [2.75, 3.05) is 25.4 Å². The molecule has 1 atom stereocenters. The van der Waals surface area contributed by atoms with E-state index >= 15 is 0 Å². The summed E-state index contributed by atoms with van der Waals surface area (Å²) < 4.78 is 31.8. The first-order valence-corrected chi connectivity index (χ1v) is 7.63. The van der Waals surface area contributed by atoms with E-state index in [4.69, 9.17) is 4.74 Å². The minimum Gasteiger partial charge on any atom is -0.377 e. The highest BCUT2D eigenvalue weighted by Crippen LogP contribution is 2.14. The van der Waals surface area contributed by atoms with Crippen LogP contribution in [0, 0.1) is 0 Å². The van der Waals surface area contributed by atoms with Gasteiger partial charge in [0.05, 0.1) is 11.9 Å². The Morgan fingerprint density at radius 2 is 1.94 bits per heavy atom. The van der Waals surface area contributed by atoms with Crippen LogP contribution in [0.25, 0.3) is 0 Å². The van der Waals surface area contributed by atoms with Crippen LogP contribution in [0.4, 0.5) is 0 Å². The maximum atomic E-state index is 11.8. The lowest BCUT2D eigenvalue weighted by molar-refractivity contribution is 0.127. The summed E-state index contributed by atoms with van der Waals surface area (Å²) in [6.45, 7) is 2.49. The van der Waals surface area contributed by atoms with Crippen LogP contribution in [0.15, 0.2) is 0 Å². The summed E-state index contributed by atoms with van der Waals surface area (Å²) in [6, 6.07) is 0.104. The van der Waals surface area contributed by atoms with E-state index in [0.29, 0.717) is 6.61 Å². The normalized spacial score (nSPS) is 26.7. The molecule has 0 aromatic rings. The molecule has 0 saturated carbocycles. The molecule has 0 aromatic carbocycles. The van der Waals surface area contributed by atoms with Crippen LogP contribution >= 0.6 is 12.4 Å².